The third kappa shape index (κ3) is 8.95. The largest absolute Gasteiger partial charge is 0.456 e. The molecule has 0 aliphatic heterocycles. The highest BCUT2D eigenvalue weighted by atomic mass is 16.3. The number of nitrogens with zero attached hydrogens (tertiary/aromatic N) is 5. The van der Waals surface area contributed by atoms with E-state index in [2.05, 4.69) is 240 Å². The summed E-state index contributed by atoms with van der Waals surface area (Å²) in [6.07, 6.45) is 0. The van der Waals surface area contributed by atoms with E-state index in [4.69, 9.17) is 19.4 Å². The van der Waals surface area contributed by atoms with Crippen LogP contribution in [0.3, 0.4) is 0 Å². The second kappa shape index (κ2) is 20.7. The lowest BCUT2D eigenvalue weighted by Crippen LogP contribution is -2.09. The Morgan fingerprint density at radius 1 is 0.280 bits per heavy atom. The molecule has 386 valence electrons. The number of hydrogen-bond donors (Lipinski definition) is 0. The van der Waals surface area contributed by atoms with E-state index in [1.54, 1.807) is 0 Å². The van der Waals surface area contributed by atoms with Crippen LogP contribution in [-0.4, -0.2) is 19.5 Å². The molecule has 0 aliphatic carbocycles. The van der Waals surface area contributed by atoms with Gasteiger partial charge in [-0.05, 0) is 136 Å². The molecule has 0 amide bonds. The van der Waals surface area contributed by atoms with Gasteiger partial charge in [-0.3, -0.25) is 0 Å². The molecule has 15 aromatic rings. The van der Waals surface area contributed by atoms with Gasteiger partial charge in [0.25, 0.3) is 0 Å². The van der Waals surface area contributed by atoms with Gasteiger partial charge >= 0.3 is 0 Å². The lowest BCUT2D eigenvalue weighted by atomic mass is 9.84. The van der Waals surface area contributed by atoms with E-state index in [1.165, 1.54) is 22.1 Å². The van der Waals surface area contributed by atoms with E-state index in [-0.39, 0.29) is 5.92 Å². The molecule has 0 N–H and O–H groups in total. The molecule has 0 radical (unpaired) electrons. The van der Waals surface area contributed by atoms with Crippen molar-refractivity contribution in [1.29, 1.82) is 0 Å². The molecule has 15 rings (SSSR count). The summed E-state index contributed by atoms with van der Waals surface area (Å²) in [4.78, 5) is 17.4. The molecule has 0 fully saturated rings. The van der Waals surface area contributed by atoms with Crippen molar-refractivity contribution in [3.8, 4) is 62.1 Å². The lowest BCUT2D eigenvalue weighted by molar-refractivity contribution is 0.669. The van der Waals surface area contributed by atoms with E-state index in [0.717, 1.165) is 100 Å². The summed E-state index contributed by atoms with van der Waals surface area (Å²) in [6.45, 7) is 0. The summed E-state index contributed by atoms with van der Waals surface area (Å²) in [7, 11) is 0. The topological polar surface area (TPSA) is 60.0 Å². The number of fused-ring (bicyclic) bond motifs is 6. The Labute approximate surface area is 475 Å². The minimum Gasteiger partial charge on any atom is -0.456 e. The summed E-state index contributed by atoms with van der Waals surface area (Å²) in [5, 5.41) is 4.31. The maximum atomic E-state index is 6.59. The first-order chi connectivity index (χ1) is 40.6. The number of aromatic nitrogens is 4. The van der Waals surface area contributed by atoms with Crippen LogP contribution in [0, 0.1) is 0 Å². The third-order valence-electron chi connectivity index (χ3n) is 15.8. The number of anilines is 3. The van der Waals surface area contributed by atoms with Crippen LogP contribution in [0.2, 0.25) is 0 Å². The average Bonchev–Trinajstić information content (AvgIpc) is 4.04. The van der Waals surface area contributed by atoms with Crippen molar-refractivity contribution < 1.29 is 4.42 Å². The highest BCUT2D eigenvalue weighted by Crippen LogP contribution is 2.42. The molecule has 0 spiro atoms. The SMILES string of the molecule is c1ccc(-c2nc(-c3ccccc3)nc(-c3ccc4oc5ccc(-n6c7ccc(-c8ccc(C(c9ccccc9)c9ccccc9)cc8)cc7c7cc(-c8ccc(N(c9ccccc9)c9ccccc9)cc8)ccc76)cc5c4c3)n2)cc1. The smallest absolute Gasteiger partial charge is 0.164 e. The van der Waals surface area contributed by atoms with Gasteiger partial charge in [0.05, 0.1) is 11.0 Å². The predicted octanol–water partition coefficient (Wildman–Crippen LogP) is 19.9. The van der Waals surface area contributed by atoms with Crippen LogP contribution < -0.4 is 4.90 Å². The van der Waals surface area contributed by atoms with Gasteiger partial charge in [-0.15, -0.1) is 0 Å². The molecule has 0 saturated heterocycles. The normalized spacial score (nSPS) is 11.5. The Morgan fingerprint density at radius 2 is 0.646 bits per heavy atom. The quantitative estimate of drug-likeness (QED) is 0.114. The highest BCUT2D eigenvalue weighted by Gasteiger charge is 2.21. The van der Waals surface area contributed by atoms with Gasteiger partial charge in [0.1, 0.15) is 11.2 Å². The molecule has 6 nitrogen and oxygen atoms in total. The van der Waals surface area contributed by atoms with E-state index in [0.29, 0.717) is 17.5 Å². The fraction of sp³-hybridized carbons (Fsp3) is 0.0132. The molecule has 12 aromatic carbocycles. The van der Waals surface area contributed by atoms with E-state index in [1.807, 2.05) is 72.8 Å². The van der Waals surface area contributed by atoms with Crippen LogP contribution in [0.4, 0.5) is 17.1 Å². The zero-order valence-electron chi connectivity index (χ0n) is 44.6. The highest BCUT2D eigenvalue weighted by molar-refractivity contribution is 6.13. The number of furan rings is 1. The predicted molar refractivity (Wildman–Crippen MR) is 337 cm³/mol. The van der Waals surface area contributed by atoms with Crippen molar-refractivity contribution in [3.63, 3.8) is 0 Å². The molecule has 3 heterocycles. The maximum absolute atomic E-state index is 6.59. The molecule has 0 unspecified atom stereocenters. The van der Waals surface area contributed by atoms with Crippen LogP contribution in [0.15, 0.2) is 308 Å². The monoisotopic (exact) mass is 1050 g/mol. The number of hydrogen-bond acceptors (Lipinski definition) is 5. The van der Waals surface area contributed by atoms with Crippen molar-refractivity contribution in [2.24, 2.45) is 0 Å². The fourth-order valence-corrected chi connectivity index (χ4v) is 11.8. The summed E-state index contributed by atoms with van der Waals surface area (Å²) >= 11 is 0. The van der Waals surface area contributed by atoms with Crippen LogP contribution in [0.5, 0.6) is 0 Å². The van der Waals surface area contributed by atoms with Gasteiger partial charge in [0.2, 0.25) is 0 Å². The van der Waals surface area contributed by atoms with Gasteiger partial charge in [-0.25, -0.2) is 15.0 Å². The average molecular weight is 1050 g/mol. The Hall–Kier alpha value is -11.0. The van der Waals surface area contributed by atoms with Gasteiger partial charge in [0, 0.05) is 66.9 Å². The Kier molecular flexibility index (Phi) is 12.2. The van der Waals surface area contributed by atoms with Crippen molar-refractivity contribution in [2.45, 2.75) is 5.92 Å². The molecule has 82 heavy (non-hydrogen) atoms. The fourth-order valence-electron chi connectivity index (χ4n) is 11.8. The minimum absolute atomic E-state index is 0.115. The van der Waals surface area contributed by atoms with Crippen molar-refractivity contribution in [3.05, 3.63) is 320 Å². The lowest BCUT2D eigenvalue weighted by Gasteiger charge is -2.25. The van der Waals surface area contributed by atoms with E-state index in [9.17, 15) is 0 Å². The summed E-state index contributed by atoms with van der Waals surface area (Å²) in [5.74, 6) is 1.95. The molecule has 0 saturated carbocycles. The minimum atomic E-state index is 0.115. The number of rotatable bonds is 12. The van der Waals surface area contributed by atoms with Crippen molar-refractivity contribution >= 4 is 60.8 Å². The van der Waals surface area contributed by atoms with E-state index < -0.39 is 0 Å². The molecule has 0 bridgehead atoms. The van der Waals surface area contributed by atoms with Crippen molar-refractivity contribution in [2.75, 3.05) is 4.90 Å². The molecule has 0 aliphatic rings. The van der Waals surface area contributed by atoms with Gasteiger partial charge in [0.15, 0.2) is 17.5 Å². The van der Waals surface area contributed by atoms with Gasteiger partial charge in [-0.1, -0.05) is 206 Å². The van der Waals surface area contributed by atoms with Crippen LogP contribution in [0.1, 0.15) is 22.6 Å². The van der Waals surface area contributed by atoms with Crippen LogP contribution in [-0.2, 0) is 0 Å². The molecule has 3 aromatic heterocycles. The zero-order chi connectivity index (χ0) is 54.3. The first kappa shape index (κ1) is 48.2. The maximum Gasteiger partial charge on any atom is 0.164 e. The van der Waals surface area contributed by atoms with Crippen LogP contribution in [0.25, 0.3) is 106 Å². The number of benzene rings is 12. The Morgan fingerprint density at radius 3 is 1.15 bits per heavy atom. The van der Waals surface area contributed by atoms with Crippen molar-refractivity contribution in [1.82, 2.24) is 19.5 Å². The Balaban J connectivity index is 0.857. The third-order valence-corrected chi connectivity index (χ3v) is 15.8. The molecule has 0 atom stereocenters. The van der Waals surface area contributed by atoms with Gasteiger partial charge < -0.3 is 13.9 Å². The van der Waals surface area contributed by atoms with Gasteiger partial charge in [-0.2, -0.15) is 0 Å². The first-order valence-corrected chi connectivity index (χ1v) is 27.8. The second-order valence-corrected chi connectivity index (χ2v) is 20.8. The molecular weight excluding hydrogens is 999 g/mol. The second-order valence-electron chi connectivity index (χ2n) is 20.8. The first-order valence-electron chi connectivity index (χ1n) is 27.8. The van der Waals surface area contributed by atoms with Crippen LogP contribution >= 0.6 is 0 Å². The summed E-state index contributed by atoms with van der Waals surface area (Å²) < 4.78 is 8.99. The standard InChI is InChI=1S/C76H51N5O/c1-7-19-53(20-8-1)73(54-21-9-2-10-22-54)55-33-31-51(32-34-55)58-37-43-69-65(47-58)66-48-59(52-35-40-63(41-36-52)80(61-27-15-5-16-28-61)62-29-17-6-18-30-62)38-44-70(66)81(69)64-42-46-72-68(50-64)67-49-60(39-45-71(67)82-72)76-78-74(56-23-11-3-12-24-56)77-75(79-76)57-25-13-4-14-26-57/h1-50,73H. The van der Waals surface area contributed by atoms with E-state index >= 15 is 0 Å². The molecule has 6 heteroatoms. The molecular formula is C76H51N5O. The number of para-hydroxylation sites is 2. The summed E-state index contributed by atoms with van der Waals surface area (Å²) in [5.41, 5.74) is 19.2. The summed E-state index contributed by atoms with van der Waals surface area (Å²) in [6, 6.07) is 108. The zero-order valence-corrected chi connectivity index (χ0v) is 44.6. The Bertz CT molecular complexity index is 4440.